The first-order valence-electron chi connectivity index (χ1n) is 6.87. The number of nitrogens with one attached hydrogen (secondary N) is 1. The van der Waals surface area contributed by atoms with Crippen molar-refractivity contribution in [2.45, 2.75) is 20.3 Å². The highest BCUT2D eigenvalue weighted by Crippen LogP contribution is 2.15. The fourth-order valence-electron chi connectivity index (χ4n) is 1.82. The zero-order valence-electron chi connectivity index (χ0n) is 12.3. The van der Waals surface area contributed by atoms with E-state index in [0.29, 0.717) is 30.1 Å². The third kappa shape index (κ3) is 5.21. The van der Waals surface area contributed by atoms with Gasteiger partial charge in [-0.3, -0.25) is 9.59 Å². The first-order valence-corrected chi connectivity index (χ1v) is 7.75. The molecule has 6 heteroatoms. The Balaban J connectivity index is 2.51. The molecule has 0 aliphatic heterocycles. The highest BCUT2D eigenvalue weighted by Gasteiger charge is 2.13. The molecule has 1 aromatic heterocycles. The van der Waals surface area contributed by atoms with Crippen molar-refractivity contribution in [1.82, 2.24) is 10.2 Å². The number of aliphatic hydroxyl groups excluding tert-OH is 1. The van der Waals surface area contributed by atoms with Crippen LogP contribution in [-0.4, -0.2) is 48.1 Å². The number of hydrogen-bond donors (Lipinski definition) is 2. The zero-order valence-corrected chi connectivity index (χ0v) is 13.1. The monoisotopic (exact) mass is 308 g/mol. The second-order valence-corrected chi connectivity index (χ2v) is 5.11. The number of hydrogen-bond acceptors (Lipinski definition) is 4. The highest BCUT2D eigenvalue weighted by molar-refractivity contribution is 7.12. The van der Waals surface area contributed by atoms with E-state index in [9.17, 15) is 9.59 Å². The molecule has 1 heterocycles. The van der Waals surface area contributed by atoms with Crippen molar-refractivity contribution in [3.63, 3.8) is 0 Å². The Hall–Kier alpha value is -1.84. The maximum atomic E-state index is 12.0. The molecule has 0 unspecified atom stereocenters. The Morgan fingerprint density at radius 2 is 2.10 bits per heavy atom. The molecular weight excluding hydrogens is 288 g/mol. The van der Waals surface area contributed by atoms with E-state index < -0.39 is 0 Å². The molecule has 0 atom stereocenters. The first-order chi connectivity index (χ1) is 10.1. The third-order valence-corrected chi connectivity index (χ3v) is 3.83. The molecule has 0 saturated heterocycles. The fourth-order valence-corrected chi connectivity index (χ4v) is 2.58. The van der Waals surface area contributed by atoms with Gasteiger partial charge in [0.2, 0.25) is 5.91 Å². The lowest BCUT2D eigenvalue weighted by molar-refractivity contribution is -0.130. The van der Waals surface area contributed by atoms with Gasteiger partial charge < -0.3 is 15.3 Å². The van der Waals surface area contributed by atoms with Gasteiger partial charge >= 0.3 is 0 Å². The summed E-state index contributed by atoms with van der Waals surface area (Å²) in [5, 5.41) is 13.2. The molecule has 0 aromatic carbocycles. The average Bonchev–Trinajstić information content (AvgIpc) is 2.94. The van der Waals surface area contributed by atoms with Crippen molar-refractivity contribution in [2.75, 3.05) is 26.2 Å². The molecule has 1 rings (SSSR count). The first kappa shape index (κ1) is 17.2. The van der Waals surface area contributed by atoms with E-state index in [4.69, 9.17) is 5.11 Å². The molecule has 1 aromatic rings. The SMILES string of the molecule is CCN(CC)C(=O)CCNC(=O)c1sccc1C#CCO. The fraction of sp³-hybridized carbons (Fsp3) is 0.467. The highest BCUT2D eigenvalue weighted by atomic mass is 32.1. The lowest BCUT2D eigenvalue weighted by Crippen LogP contribution is -2.34. The predicted molar refractivity (Wildman–Crippen MR) is 83.2 cm³/mol. The van der Waals surface area contributed by atoms with Crippen LogP contribution in [0.5, 0.6) is 0 Å². The minimum atomic E-state index is -0.241. The van der Waals surface area contributed by atoms with Gasteiger partial charge in [0, 0.05) is 31.6 Å². The number of carbonyl (C=O) groups excluding carboxylic acids is 2. The van der Waals surface area contributed by atoms with Gasteiger partial charge in [-0.05, 0) is 25.3 Å². The van der Waals surface area contributed by atoms with Gasteiger partial charge in [-0.1, -0.05) is 11.8 Å². The van der Waals surface area contributed by atoms with Gasteiger partial charge in [0.25, 0.3) is 5.91 Å². The van der Waals surface area contributed by atoms with Crippen LogP contribution < -0.4 is 5.32 Å². The Bertz CT molecular complexity index is 539. The summed E-state index contributed by atoms with van der Waals surface area (Å²) in [5.41, 5.74) is 0.599. The molecule has 0 radical (unpaired) electrons. The molecule has 21 heavy (non-hydrogen) atoms. The van der Waals surface area contributed by atoms with Crippen LogP contribution in [0.2, 0.25) is 0 Å². The summed E-state index contributed by atoms with van der Waals surface area (Å²) in [6.07, 6.45) is 0.288. The number of rotatable bonds is 6. The Morgan fingerprint density at radius 3 is 2.71 bits per heavy atom. The predicted octanol–water partition coefficient (Wildman–Crippen LogP) is 1.08. The van der Waals surface area contributed by atoms with Crippen LogP contribution >= 0.6 is 11.3 Å². The molecule has 2 amide bonds. The number of carbonyl (C=O) groups is 2. The topological polar surface area (TPSA) is 69.6 Å². The summed E-state index contributed by atoms with van der Waals surface area (Å²) in [6.45, 7) is 5.27. The standard InChI is InChI=1S/C15H20N2O3S/c1-3-17(4-2)13(19)7-9-16-15(20)14-12(6-5-10-18)8-11-21-14/h8,11,18H,3-4,7,9-10H2,1-2H3,(H,16,20). The second kappa shape index (κ2) is 9.16. The largest absolute Gasteiger partial charge is 0.384 e. The normalized spacial score (nSPS) is 9.67. The van der Waals surface area contributed by atoms with Gasteiger partial charge in [-0.25, -0.2) is 0 Å². The van der Waals surface area contributed by atoms with Crippen LogP contribution in [0.15, 0.2) is 11.4 Å². The Morgan fingerprint density at radius 1 is 1.38 bits per heavy atom. The number of nitrogens with zero attached hydrogens (tertiary/aromatic N) is 1. The molecule has 0 aliphatic carbocycles. The van der Waals surface area contributed by atoms with Gasteiger partial charge in [0.05, 0.1) is 0 Å². The van der Waals surface area contributed by atoms with E-state index in [1.807, 2.05) is 13.8 Å². The van der Waals surface area contributed by atoms with Gasteiger partial charge in [-0.2, -0.15) is 0 Å². The van der Waals surface area contributed by atoms with Crippen LogP contribution in [0, 0.1) is 11.8 Å². The van der Waals surface area contributed by atoms with E-state index in [1.54, 1.807) is 16.3 Å². The molecule has 2 N–H and O–H groups in total. The van der Waals surface area contributed by atoms with E-state index in [-0.39, 0.29) is 24.8 Å². The van der Waals surface area contributed by atoms with Crippen LogP contribution in [-0.2, 0) is 4.79 Å². The number of amides is 2. The van der Waals surface area contributed by atoms with E-state index in [0.717, 1.165) is 0 Å². The van der Waals surface area contributed by atoms with Crippen molar-refractivity contribution in [1.29, 1.82) is 0 Å². The lowest BCUT2D eigenvalue weighted by Gasteiger charge is -2.18. The Labute approximate surface area is 129 Å². The van der Waals surface area contributed by atoms with Crippen LogP contribution in [0.3, 0.4) is 0 Å². The number of thiophene rings is 1. The smallest absolute Gasteiger partial charge is 0.262 e. The van der Waals surface area contributed by atoms with Crippen LogP contribution in [0.25, 0.3) is 0 Å². The molecule has 0 saturated carbocycles. The van der Waals surface area contributed by atoms with Crippen molar-refractivity contribution < 1.29 is 14.7 Å². The van der Waals surface area contributed by atoms with Crippen molar-refractivity contribution >= 4 is 23.2 Å². The summed E-state index contributed by atoms with van der Waals surface area (Å²) in [5.74, 6) is 5.05. The molecule has 114 valence electrons. The van der Waals surface area contributed by atoms with Crippen molar-refractivity contribution in [3.8, 4) is 11.8 Å². The average molecular weight is 308 g/mol. The van der Waals surface area contributed by atoms with Crippen LogP contribution in [0.4, 0.5) is 0 Å². The molecule has 0 bridgehead atoms. The van der Waals surface area contributed by atoms with Crippen molar-refractivity contribution in [2.24, 2.45) is 0 Å². The van der Waals surface area contributed by atoms with E-state index >= 15 is 0 Å². The van der Waals surface area contributed by atoms with E-state index in [2.05, 4.69) is 17.2 Å². The summed E-state index contributed by atoms with van der Waals surface area (Å²) >= 11 is 1.29. The molecule has 0 spiro atoms. The molecule has 5 nitrogen and oxygen atoms in total. The minimum Gasteiger partial charge on any atom is -0.384 e. The van der Waals surface area contributed by atoms with Crippen molar-refractivity contribution in [3.05, 3.63) is 21.9 Å². The van der Waals surface area contributed by atoms with Gasteiger partial charge in [0.15, 0.2) is 0 Å². The van der Waals surface area contributed by atoms with Gasteiger partial charge in [-0.15, -0.1) is 11.3 Å². The zero-order chi connectivity index (χ0) is 15.7. The summed E-state index contributed by atoms with van der Waals surface area (Å²) in [4.78, 5) is 26.1. The summed E-state index contributed by atoms with van der Waals surface area (Å²) in [6, 6.07) is 1.74. The van der Waals surface area contributed by atoms with Gasteiger partial charge in [0.1, 0.15) is 11.5 Å². The Kier molecular flexibility index (Phi) is 7.51. The van der Waals surface area contributed by atoms with E-state index in [1.165, 1.54) is 11.3 Å². The molecule has 0 fully saturated rings. The quantitative estimate of drug-likeness (QED) is 0.773. The third-order valence-electron chi connectivity index (χ3n) is 2.91. The lowest BCUT2D eigenvalue weighted by atomic mass is 10.2. The molecule has 0 aliphatic rings. The summed E-state index contributed by atoms with van der Waals surface area (Å²) < 4.78 is 0. The van der Waals surface area contributed by atoms with Crippen LogP contribution in [0.1, 0.15) is 35.5 Å². The maximum Gasteiger partial charge on any atom is 0.262 e. The number of aliphatic hydroxyl groups is 1. The molecular formula is C15H20N2O3S. The summed E-state index contributed by atoms with van der Waals surface area (Å²) in [7, 11) is 0. The maximum absolute atomic E-state index is 12.0. The second-order valence-electron chi connectivity index (χ2n) is 4.20. The minimum absolute atomic E-state index is 0.0341.